The molecule has 4 aromatic rings. The Kier molecular flexibility index (Phi) is 5.27. The van der Waals surface area contributed by atoms with Crippen LogP contribution in [-0.2, 0) is 0 Å². The largest absolute Gasteiger partial charge is 0.360 e. The molecule has 5 nitrogen and oxygen atoms in total. The average Bonchev–Trinajstić information content (AvgIpc) is 3.42. The molecule has 152 valence electrons. The number of amides is 1. The van der Waals surface area contributed by atoms with Crippen molar-refractivity contribution in [2.45, 2.75) is 12.8 Å². The van der Waals surface area contributed by atoms with Gasteiger partial charge in [0.25, 0.3) is 5.91 Å². The summed E-state index contributed by atoms with van der Waals surface area (Å²) in [4.78, 5) is 23.7. The van der Waals surface area contributed by atoms with Gasteiger partial charge in [0.2, 0.25) is 0 Å². The summed E-state index contributed by atoms with van der Waals surface area (Å²) >= 11 is 3.56. The van der Waals surface area contributed by atoms with Crippen molar-refractivity contribution >= 4 is 43.6 Å². The summed E-state index contributed by atoms with van der Waals surface area (Å²) in [6.45, 7) is 3.82. The van der Waals surface area contributed by atoms with Gasteiger partial charge in [0.1, 0.15) is 0 Å². The highest BCUT2D eigenvalue weighted by atomic mass is 79.9. The van der Waals surface area contributed by atoms with Crippen LogP contribution in [0.15, 0.2) is 59.2 Å². The summed E-state index contributed by atoms with van der Waals surface area (Å²) in [5.74, 6) is -0.0462. The second-order valence-corrected chi connectivity index (χ2v) is 8.68. The second-order valence-electron chi connectivity index (χ2n) is 7.77. The molecular formula is C24H23BrN4O. The number of hydrogen-bond donors (Lipinski definition) is 2. The molecule has 2 aromatic heterocycles. The Bertz CT molecular complexity index is 1230. The average molecular weight is 463 g/mol. The van der Waals surface area contributed by atoms with Gasteiger partial charge in [-0.25, -0.2) is 4.98 Å². The van der Waals surface area contributed by atoms with Crippen LogP contribution in [0, 0.1) is 0 Å². The number of aromatic amines is 1. The summed E-state index contributed by atoms with van der Waals surface area (Å²) in [5.41, 5.74) is 4.32. The summed E-state index contributed by atoms with van der Waals surface area (Å²) in [6.07, 6.45) is 4.48. The van der Waals surface area contributed by atoms with Gasteiger partial charge >= 0.3 is 0 Å². The van der Waals surface area contributed by atoms with E-state index in [0.29, 0.717) is 12.1 Å². The number of rotatable bonds is 5. The molecule has 1 aliphatic heterocycles. The van der Waals surface area contributed by atoms with E-state index in [9.17, 15) is 4.79 Å². The zero-order chi connectivity index (χ0) is 20.5. The molecule has 1 amide bonds. The number of carbonyl (C=O) groups excluding carboxylic acids is 1. The lowest BCUT2D eigenvalue weighted by Crippen LogP contribution is -2.33. The summed E-state index contributed by atoms with van der Waals surface area (Å²) < 4.78 is 1.01. The molecule has 0 saturated carbocycles. The Labute approximate surface area is 183 Å². The van der Waals surface area contributed by atoms with Gasteiger partial charge in [-0.1, -0.05) is 34.1 Å². The molecule has 0 unspecified atom stereocenters. The Balaban J connectivity index is 1.51. The fraction of sp³-hybridized carbons (Fsp3) is 0.250. The summed E-state index contributed by atoms with van der Waals surface area (Å²) in [5, 5.41) is 5.07. The Morgan fingerprint density at radius 3 is 2.80 bits per heavy atom. The maximum Gasteiger partial charge on any atom is 0.252 e. The molecule has 0 bridgehead atoms. The number of hydrogen-bond acceptors (Lipinski definition) is 3. The highest BCUT2D eigenvalue weighted by Gasteiger charge is 2.17. The maximum atomic E-state index is 13.1. The van der Waals surface area contributed by atoms with Crippen molar-refractivity contribution in [1.29, 1.82) is 0 Å². The van der Waals surface area contributed by atoms with Gasteiger partial charge in [0.05, 0.1) is 16.8 Å². The molecule has 5 rings (SSSR count). The van der Waals surface area contributed by atoms with Crippen molar-refractivity contribution in [3.05, 3.63) is 64.8 Å². The third-order valence-electron chi connectivity index (χ3n) is 5.79. The molecule has 1 fully saturated rings. The first-order valence-corrected chi connectivity index (χ1v) is 11.2. The van der Waals surface area contributed by atoms with Gasteiger partial charge in [0.15, 0.2) is 0 Å². The minimum absolute atomic E-state index is 0.0462. The van der Waals surface area contributed by atoms with Gasteiger partial charge in [-0.05, 0) is 56.3 Å². The van der Waals surface area contributed by atoms with Crippen LogP contribution in [0.1, 0.15) is 23.2 Å². The first-order valence-electron chi connectivity index (χ1n) is 10.4. The summed E-state index contributed by atoms with van der Waals surface area (Å²) in [7, 11) is 0. The van der Waals surface area contributed by atoms with E-state index in [4.69, 9.17) is 4.98 Å². The van der Waals surface area contributed by atoms with Gasteiger partial charge in [-0.15, -0.1) is 0 Å². The number of pyridine rings is 1. The monoisotopic (exact) mass is 462 g/mol. The lowest BCUT2D eigenvalue weighted by molar-refractivity contribution is 0.0951. The Morgan fingerprint density at radius 2 is 1.93 bits per heavy atom. The predicted molar refractivity (Wildman–Crippen MR) is 125 cm³/mol. The molecule has 0 aliphatic carbocycles. The van der Waals surface area contributed by atoms with E-state index in [-0.39, 0.29) is 5.91 Å². The van der Waals surface area contributed by atoms with Crippen LogP contribution in [0.5, 0.6) is 0 Å². The van der Waals surface area contributed by atoms with E-state index in [1.165, 1.54) is 12.8 Å². The van der Waals surface area contributed by atoms with Gasteiger partial charge in [-0.2, -0.15) is 0 Å². The molecule has 30 heavy (non-hydrogen) atoms. The molecule has 0 atom stereocenters. The first kappa shape index (κ1) is 19.3. The van der Waals surface area contributed by atoms with Crippen molar-refractivity contribution in [3.63, 3.8) is 0 Å². The number of nitrogens with one attached hydrogen (secondary N) is 2. The third kappa shape index (κ3) is 3.73. The zero-order valence-electron chi connectivity index (χ0n) is 16.6. The van der Waals surface area contributed by atoms with Crippen molar-refractivity contribution in [2.24, 2.45) is 0 Å². The molecule has 2 aromatic carbocycles. The van der Waals surface area contributed by atoms with E-state index in [1.807, 2.05) is 48.7 Å². The van der Waals surface area contributed by atoms with E-state index in [0.717, 1.165) is 57.2 Å². The van der Waals surface area contributed by atoms with E-state index >= 15 is 0 Å². The standard InChI is InChI=1S/C24H23BrN4O/c25-16-7-8-21-18(13-16)20(15-27-21)23-14-19(17-5-1-2-6-22(17)28-23)24(30)26-9-12-29-10-3-4-11-29/h1-2,5-8,13-15,27H,3-4,9-12H2,(H,26,30). The number of halogens is 1. The van der Waals surface area contributed by atoms with Crippen LogP contribution < -0.4 is 5.32 Å². The normalized spacial score (nSPS) is 14.6. The number of aromatic nitrogens is 2. The Morgan fingerprint density at radius 1 is 1.10 bits per heavy atom. The lowest BCUT2D eigenvalue weighted by Gasteiger charge is -2.15. The lowest BCUT2D eigenvalue weighted by atomic mass is 10.0. The molecule has 0 spiro atoms. The van der Waals surface area contributed by atoms with Crippen LogP contribution in [0.3, 0.4) is 0 Å². The van der Waals surface area contributed by atoms with Crippen LogP contribution in [0.4, 0.5) is 0 Å². The fourth-order valence-electron chi connectivity index (χ4n) is 4.24. The minimum Gasteiger partial charge on any atom is -0.360 e. The fourth-order valence-corrected chi connectivity index (χ4v) is 4.60. The van der Waals surface area contributed by atoms with E-state index in [2.05, 4.69) is 37.2 Å². The number of H-pyrrole nitrogens is 1. The topological polar surface area (TPSA) is 61.0 Å². The van der Waals surface area contributed by atoms with Crippen molar-refractivity contribution in [2.75, 3.05) is 26.2 Å². The second kappa shape index (κ2) is 8.20. The maximum absolute atomic E-state index is 13.1. The molecule has 3 heterocycles. The molecule has 6 heteroatoms. The highest BCUT2D eigenvalue weighted by Crippen LogP contribution is 2.32. The number of likely N-dealkylation sites (tertiary alicyclic amines) is 1. The van der Waals surface area contributed by atoms with Crippen LogP contribution in [0.25, 0.3) is 33.1 Å². The predicted octanol–water partition coefficient (Wildman–Crippen LogP) is 4.97. The Hall–Kier alpha value is -2.70. The number of para-hydroxylation sites is 1. The van der Waals surface area contributed by atoms with E-state index in [1.54, 1.807) is 0 Å². The van der Waals surface area contributed by atoms with Gasteiger partial charge < -0.3 is 15.2 Å². The van der Waals surface area contributed by atoms with Crippen molar-refractivity contribution < 1.29 is 4.79 Å². The number of carbonyl (C=O) groups is 1. The molecular weight excluding hydrogens is 440 g/mol. The van der Waals surface area contributed by atoms with Crippen molar-refractivity contribution in [1.82, 2.24) is 20.2 Å². The summed E-state index contributed by atoms with van der Waals surface area (Å²) in [6, 6.07) is 15.9. The van der Waals surface area contributed by atoms with Gasteiger partial charge in [0, 0.05) is 45.6 Å². The number of fused-ring (bicyclic) bond motifs is 2. The quantitative estimate of drug-likeness (QED) is 0.439. The molecule has 1 aliphatic rings. The molecule has 0 radical (unpaired) electrons. The smallest absolute Gasteiger partial charge is 0.252 e. The van der Waals surface area contributed by atoms with Crippen LogP contribution in [0.2, 0.25) is 0 Å². The number of nitrogens with zero attached hydrogens (tertiary/aromatic N) is 2. The van der Waals surface area contributed by atoms with Crippen molar-refractivity contribution in [3.8, 4) is 11.3 Å². The van der Waals surface area contributed by atoms with E-state index < -0.39 is 0 Å². The first-order chi connectivity index (χ1) is 14.7. The van der Waals surface area contributed by atoms with Crippen LogP contribution >= 0.6 is 15.9 Å². The molecule has 1 saturated heterocycles. The highest BCUT2D eigenvalue weighted by molar-refractivity contribution is 9.10. The van der Waals surface area contributed by atoms with Crippen LogP contribution in [-0.4, -0.2) is 47.0 Å². The minimum atomic E-state index is -0.0462. The SMILES string of the molecule is O=C(NCCN1CCCC1)c1cc(-c2c[nH]c3ccc(Br)cc23)nc2ccccc12. The zero-order valence-corrected chi connectivity index (χ0v) is 18.2. The third-order valence-corrected chi connectivity index (χ3v) is 6.29. The molecule has 2 N–H and O–H groups in total. The number of benzene rings is 2. The van der Waals surface area contributed by atoms with Gasteiger partial charge in [-0.3, -0.25) is 4.79 Å².